The molecule has 2 N–H and O–H groups in total. The molecule has 1 rings (SSSR count). The van der Waals surface area contributed by atoms with Crippen LogP contribution in [0, 0.1) is 5.82 Å². The summed E-state index contributed by atoms with van der Waals surface area (Å²) >= 11 is 1.47. The molecule has 0 radical (unpaired) electrons. The fourth-order valence-corrected chi connectivity index (χ4v) is 2.55. The summed E-state index contributed by atoms with van der Waals surface area (Å²) in [6, 6.07) is 5.37. The quantitative estimate of drug-likeness (QED) is 0.784. The van der Waals surface area contributed by atoms with Crippen LogP contribution in [0.5, 0.6) is 0 Å². The van der Waals surface area contributed by atoms with Gasteiger partial charge in [-0.25, -0.2) is 4.39 Å². The number of hydrogen-bond acceptors (Lipinski definition) is 3. The minimum Gasteiger partial charge on any atom is -0.396 e. The van der Waals surface area contributed by atoms with Crippen LogP contribution in [0.4, 0.5) is 4.39 Å². The van der Waals surface area contributed by atoms with E-state index < -0.39 is 0 Å². The van der Waals surface area contributed by atoms with Gasteiger partial charge in [0.1, 0.15) is 5.82 Å². The first-order valence-electron chi connectivity index (χ1n) is 6.63. The zero-order valence-electron chi connectivity index (χ0n) is 12.2. The first kappa shape index (κ1) is 16.5. The molecule has 0 aromatic heterocycles. The molecule has 0 fully saturated rings. The second-order valence-electron chi connectivity index (χ2n) is 5.81. The molecular weight excluding hydrogens is 261 g/mol. The normalized spacial score (nSPS) is 13.6. The third-order valence-electron chi connectivity index (χ3n) is 2.68. The Morgan fingerprint density at radius 2 is 2.05 bits per heavy atom. The molecule has 0 amide bonds. The molecule has 0 heterocycles. The lowest BCUT2D eigenvalue weighted by Crippen LogP contribution is -2.35. The van der Waals surface area contributed by atoms with Gasteiger partial charge in [-0.05, 0) is 44.9 Å². The number of rotatable bonds is 6. The van der Waals surface area contributed by atoms with Crippen LogP contribution in [-0.2, 0) is 6.54 Å². The Morgan fingerprint density at radius 3 is 2.58 bits per heavy atom. The monoisotopic (exact) mass is 285 g/mol. The van der Waals surface area contributed by atoms with Crippen molar-refractivity contribution in [2.75, 3.05) is 6.61 Å². The van der Waals surface area contributed by atoms with E-state index in [1.165, 1.54) is 11.8 Å². The van der Waals surface area contributed by atoms with Crippen molar-refractivity contribution < 1.29 is 9.50 Å². The molecule has 0 bridgehead atoms. The van der Waals surface area contributed by atoms with Gasteiger partial charge >= 0.3 is 0 Å². The molecule has 0 saturated heterocycles. The Labute approximate surface area is 119 Å². The molecule has 0 aliphatic heterocycles. The van der Waals surface area contributed by atoms with Crippen LogP contribution in [0.25, 0.3) is 0 Å². The van der Waals surface area contributed by atoms with Gasteiger partial charge in [0.05, 0.1) is 0 Å². The van der Waals surface area contributed by atoms with Crippen molar-refractivity contribution in [1.29, 1.82) is 0 Å². The van der Waals surface area contributed by atoms with Gasteiger partial charge < -0.3 is 10.4 Å². The van der Waals surface area contributed by atoms with Gasteiger partial charge in [-0.15, -0.1) is 11.8 Å². The highest BCUT2D eigenvalue weighted by Gasteiger charge is 2.11. The maximum atomic E-state index is 14.0. The Kier molecular flexibility index (Phi) is 6.30. The van der Waals surface area contributed by atoms with Crippen molar-refractivity contribution in [1.82, 2.24) is 5.32 Å². The van der Waals surface area contributed by atoms with Gasteiger partial charge in [0, 0.05) is 28.8 Å². The number of benzene rings is 1. The number of aliphatic hydroxyl groups excluding tert-OH is 1. The van der Waals surface area contributed by atoms with Gasteiger partial charge in [0.25, 0.3) is 0 Å². The molecule has 0 saturated carbocycles. The van der Waals surface area contributed by atoms with E-state index in [-0.39, 0.29) is 23.2 Å². The number of thioether (sulfide) groups is 1. The molecule has 0 aliphatic rings. The molecule has 2 nitrogen and oxygen atoms in total. The maximum absolute atomic E-state index is 14.0. The van der Waals surface area contributed by atoms with E-state index in [1.54, 1.807) is 6.07 Å². The van der Waals surface area contributed by atoms with Crippen molar-refractivity contribution >= 4 is 11.8 Å². The number of nitrogens with one attached hydrogen (secondary N) is 1. The molecule has 1 aromatic carbocycles. The summed E-state index contributed by atoms with van der Waals surface area (Å²) in [5, 5.41) is 12.4. The predicted octanol–water partition coefficient (Wildman–Crippen LogP) is 3.58. The van der Waals surface area contributed by atoms with Crippen molar-refractivity contribution in [3.8, 4) is 0 Å². The van der Waals surface area contributed by atoms with Crippen LogP contribution >= 0.6 is 11.8 Å². The zero-order valence-corrected chi connectivity index (χ0v) is 13.0. The lowest BCUT2D eigenvalue weighted by molar-refractivity contribution is 0.289. The molecule has 108 valence electrons. The van der Waals surface area contributed by atoms with Gasteiger partial charge in [-0.3, -0.25) is 0 Å². The Hall–Kier alpha value is -0.580. The van der Waals surface area contributed by atoms with Crippen LogP contribution in [-0.4, -0.2) is 22.5 Å². The third-order valence-corrected chi connectivity index (χ3v) is 3.91. The highest BCUT2D eigenvalue weighted by Crippen LogP contribution is 2.28. The predicted molar refractivity (Wildman–Crippen MR) is 80.0 cm³/mol. The molecular formula is C15H24FNOS. The Balaban J connectivity index is 2.64. The fraction of sp³-hybridized carbons (Fsp3) is 0.600. The Bertz CT molecular complexity index is 404. The van der Waals surface area contributed by atoms with Crippen molar-refractivity contribution in [3.05, 3.63) is 29.6 Å². The molecule has 0 spiro atoms. The fourth-order valence-electron chi connectivity index (χ4n) is 1.57. The van der Waals surface area contributed by atoms with Crippen molar-refractivity contribution in [2.45, 2.75) is 56.3 Å². The first-order chi connectivity index (χ1) is 8.81. The standard InChI is InChI=1S/C15H24FNOS/c1-11(7-8-18)19-14-6-5-12(9-13(14)16)10-17-15(2,3)4/h5-6,9,11,17-18H,7-8,10H2,1-4H3. The van der Waals surface area contributed by atoms with E-state index in [0.29, 0.717) is 17.9 Å². The molecule has 1 aromatic rings. The molecule has 1 atom stereocenters. The van der Waals surface area contributed by atoms with Gasteiger partial charge in [0.15, 0.2) is 0 Å². The molecule has 0 aliphatic carbocycles. The van der Waals surface area contributed by atoms with Gasteiger partial charge in [0.2, 0.25) is 0 Å². The average Bonchev–Trinajstić information content (AvgIpc) is 2.29. The van der Waals surface area contributed by atoms with E-state index >= 15 is 0 Å². The topological polar surface area (TPSA) is 32.3 Å². The highest BCUT2D eigenvalue weighted by atomic mass is 32.2. The van der Waals surface area contributed by atoms with E-state index in [9.17, 15) is 4.39 Å². The third kappa shape index (κ3) is 6.41. The second kappa shape index (κ2) is 7.27. The molecule has 4 heteroatoms. The second-order valence-corrected chi connectivity index (χ2v) is 7.29. The van der Waals surface area contributed by atoms with Crippen LogP contribution in [0.3, 0.4) is 0 Å². The summed E-state index contributed by atoms with van der Waals surface area (Å²) in [5.41, 5.74) is 0.978. The largest absolute Gasteiger partial charge is 0.396 e. The van der Waals surface area contributed by atoms with Crippen LogP contribution in [0.15, 0.2) is 23.1 Å². The maximum Gasteiger partial charge on any atom is 0.137 e. The summed E-state index contributed by atoms with van der Waals surface area (Å²) in [7, 11) is 0. The Morgan fingerprint density at radius 1 is 1.37 bits per heavy atom. The number of aliphatic hydroxyl groups is 1. The summed E-state index contributed by atoms with van der Waals surface area (Å²) in [4.78, 5) is 0.653. The van der Waals surface area contributed by atoms with Gasteiger partial charge in [-0.2, -0.15) is 0 Å². The van der Waals surface area contributed by atoms with E-state index in [2.05, 4.69) is 26.1 Å². The van der Waals surface area contributed by atoms with Crippen molar-refractivity contribution in [3.63, 3.8) is 0 Å². The summed E-state index contributed by atoms with van der Waals surface area (Å²) < 4.78 is 14.0. The number of hydrogen-bond donors (Lipinski definition) is 2. The minimum atomic E-state index is -0.178. The minimum absolute atomic E-state index is 0.0273. The molecule has 19 heavy (non-hydrogen) atoms. The first-order valence-corrected chi connectivity index (χ1v) is 7.51. The van der Waals surface area contributed by atoms with E-state index in [0.717, 1.165) is 5.56 Å². The highest BCUT2D eigenvalue weighted by molar-refractivity contribution is 7.99. The SMILES string of the molecule is CC(CCO)Sc1ccc(CNC(C)(C)C)cc1F. The van der Waals surface area contributed by atoms with Gasteiger partial charge in [-0.1, -0.05) is 13.0 Å². The summed E-state index contributed by atoms with van der Waals surface area (Å²) in [6.45, 7) is 9.06. The number of halogens is 1. The van der Waals surface area contributed by atoms with Crippen molar-refractivity contribution in [2.24, 2.45) is 0 Å². The zero-order chi connectivity index (χ0) is 14.5. The lowest BCUT2D eigenvalue weighted by atomic mass is 10.1. The van der Waals surface area contributed by atoms with Crippen LogP contribution in [0.2, 0.25) is 0 Å². The van der Waals surface area contributed by atoms with E-state index in [4.69, 9.17) is 5.11 Å². The average molecular weight is 285 g/mol. The summed E-state index contributed by atoms with van der Waals surface area (Å²) in [5.74, 6) is -0.178. The van der Waals surface area contributed by atoms with E-state index in [1.807, 2.05) is 19.1 Å². The summed E-state index contributed by atoms with van der Waals surface area (Å²) in [6.07, 6.45) is 0.678. The van der Waals surface area contributed by atoms with Crippen LogP contribution in [0.1, 0.15) is 39.7 Å². The van der Waals surface area contributed by atoms with Crippen LogP contribution < -0.4 is 5.32 Å². The lowest BCUT2D eigenvalue weighted by Gasteiger charge is -2.20. The molecule has 1 unspecified atom stereocenters. The smallest absolute Gasteiger partial charge is 0.137 e.